The van der Waals surface area contributed by atoms with Gasteiger partial charge in [0.15, 0.2) is 0 Å². The number of rotatable bonds is 0. The molecule has 4 nitrogen and oxygen atoms in total. The lowest BCUT2D eigenvalue weighted by Crippen LogP contribution is -2.46. The summed E-state index contributed by atoms with van der Waals surface area (Å²) in [7, 11) is 2.17. The molecule has 0 bridgehead atoms. The smallest absolute Gasteiger partial charge is 0.140 e. The molecule has 4 atom stereocenters. The third kappa shape index (κ3) is 2.41. The Morgan fingerprint density at radius 2 is 2.05 bits per heavy atom. The van der Waals surface area contributed by atoms with Crippen molar-refractivity contribution in [2.24, 2.45) is 28.3 Å². The lowest BCUT2D eigenvalue weighted by molar-refractivity contribution is -0.139. The van der Waals surface area contributed by atoms with Crippen LogP contribution in [0.1, 0.15) is 51.9 Å². The van der Waals surface area contributed by atoms with E-state index in [4.69, 9.17) is 0 Å². The van der Waals surface area contributed by atoms with E-state index >= 15 is 0 Å². The second-order valence-corrected chi connectivity index (χ2v) is 7.60. The van der Waals surface area contributed by atoms with Gasteiger partial charge in [-0.05, 0) is 70.5 Å². The van der Waals surface area contributed by atoms with E-state index in [0.717, 1.165) is 63.7 Å². The molecule has 118 valence electrons. The highest BCUT2D eigenvalue weighted by Gasteiger charge is 2.59. The molecular formula is C17H28N2O2. The maximum absolute atomic E-state index is 13.0. The average molecular weight is 292 g/mol. The first-order chi connectivity index (χ1) is 10.1. The van der Waals surface area contributed by atoms with E-state index in [2.05, 4.69) is 24.0 Å². The van der Waals surface area contributed by atoms with Crippen molar-refractivity contribution in [3.63, 3.8) is 0 Å². The zero-order valence-electron chi connectivity index (χ0n) is 13.3. The summed E-state index contributed by atoms with van der Waals surface area (Å²) in [4.78, 5) is 15.4. The third-order valence-corrected chi connectivity index (χ3v) is 6.24. The van der Waals surface area contributed by atoms with Gasteiger partial charge in [-0.1, -0.05) is 12.1 Å². The Morgan fingerprint density at radius 3 is 2.81 bits per heavy atom. The van der Waals surface area contributed by atoms with E-state index < -0.39 is 0 Å². The van der Waals surface area contributed by atoms with Crippen LogP contribution in [-0.2, 0) is 4.79 Å². The lowest BCUT2D eigenvalue weighted by atomic mass is 9.58. The molecule has 1 aliphatic heterocycles. The topological polar surface area (TPSA) is 52.9 Å². The summed E-state index contributed by atoms with van der Waals surface area (Å²) in [6.07, 6.45) is 6.85. The number of hydrogen-bond donors (Lipinski definition) is 1. The second-order valence-electron chi connectivity index (χ2n) is 7.60. The zero-order valence-corrected chi connectivity index (χ0v) is 13.3. The standard InChI is InChI=1S/C17H28N2O2/c1-12-9-13-11-15(18-21)14-5-3-7-19(2)8-4-6-17(13,14)16(20)10-12/h12-14,21H,3-11H2,1-2H3/b18-15-/t12-,13?,14?,17+/m1/s1. The number of hydrogen-bond acceptors (Lipinski definition) is 4. The summed E-state index contributed by atoms with van der Waals surface area (Å²) >= 11 is 0. The average Bonchev–Trinajstić information content (AvgIpc) is 2.76. The molecule has 0 aromatic heterocycles. The van der Waals surface area contributed by atoms with Crippen LogP contribution in [0, 0.1) is 23.2 Å². The Labute approximate surface area is 127 Å². The van der Waals surface area contributed by atoms with Crippen LogP contribution in [0.4, 0.5) is 0 Å². The van der Waals surface area contributed by atoms with Crippen LogP contribution in [0.25, 0.3) is 0 Å². The summed E-state index contributed by atoms with van der Waals surface area (Å²) in [5, 5.41) is 13.1. The molecule has 3 aliphatic rings. The molecule has 2 unspecified atom stereocenters. The number of oxime groups is 1. The van der Waals surface area contributed by atoms with Gasteiger partial charge in [0, 0.05) is 17.8 Å². The molecule has 0 amide bonds. The Balaban J connectivity index is 1.97. The Kier molecular flexibility index (Phi) is 4.08. The summed E-state index contributed by atoms with van der Waals surface area (Å²) in [6.45, 7) is 4.35. The number of carbonyl (C=O) groups is 1. The Morgan fingerprint density at radius 1 is 1.29 bits per heavy atom. The van der Waals surface area contributed by atoms with Crippen molar-refractivity contribution < 1.29 is 10.0 Å². The molecule has 0 aromatic carbocycles. The molecule has 21 heavy (non-hydrogen) atoms. The van der Waals surface area contributed by atoms with Crippen LogP contribution < -0.4 is 0 Å². The molecule has 1 heterocycles. The van der Waals surface area contributed by atoms with Gasteiger partial charge in [0.25, 0.3) is 0 Å². The van der Waals surface area contributed by atoms with Gasteiger partial charge in [-0.2, -0.15) is 0 Å². The summed E-state index contributed by atoms with van der Waals surface area (Å²) in [5.41, 5.74) is 0.700. The molecular weight excluding hydrogens is 264 g/mol. The van der Waals surface area contributed by atoms with E-state index in [-0.39, 0.29) is 11.3 Å². The van der Waals surface area contributed by atoms with Gasteiger partial charge in [-0.15, -0.1) is 0 Å². The second kappa shape index (κ2) is 5.71. The highest BCUT2D eigenvalue weighted by atomic mass is 16.4. The first-order valence-corrected chi connectivity index (χ1v) is 8.50. The maximum Gasteiger partial charge on any atom is 0.140 e. The fourth-order valence-electron chi connectivity index (χ4n) is 5.32. The number of Topliss-reactive ketones (excluding diaryl/α,β-unsaturated/α-hetero) is 1. The van der Waals surface area contributed by atoms with Gasteiger partial charge in [-0.25, -0.2) is 0 Å². The van der Waals surface area contributed by atoms with Crippen molar-refractivity contribution >= 4 is 11.5 Å². The van der Waals surface area contributed by atoms with Crippen LogP contribution in [0.5, 0.6) is 0 Å². The molecule has 2 aliphatic carbocycles. The Hall–Kier alpha value is -0.900. The van der Waals surface area contributed by atoms with Crippen molar-refractivity contribution in [2.45, 2.75) is 51.9 Å². The van der Waals surface area contributed by atoms with Gasteiger partial charge in [-0.3, -0.25) is 4.79 Å². The number of nitrogens with zero attached hydrogens (tertiary/aromatic N) is 2. The predicted octanol–water partition coefficient (Wildman–Crippen LogP) is 2.94. The van der Waals surface area contributed by atoms with Gasteiger partial charge in [0.2, 0.25) is 0 Å². The molecule has 3 fully saturated rings. The van der Waals surface area contributed by atoms with Crippen molar-refractivity contribution in [2.75, 3.05) is 20.1 Å². The van der Waals surface area contributed by atoms with Gasteiger partial charge < -0.3 is 10.1 Å². The Bertz CT molecular complexity index is 448. The van der Waals surface area contributed by atoms with E-state index in [0.29, 0.717) is 17.6 Å². The summed E-state index contributed by atoms with van der Waals surface area (Å²) in [5.74, 6) is 1.55. The molecule has 1 N–H and O–H groups in total. The van der Waals surface area contributed by atoms with E-state index in [1.165, 1.54) is 0 Å². The number of ketones is 1. The molecule has 4 heteroatoms. The van der Waals surface area contributed by atoms with Crippen molar-refractivity contribution in [3.8, 4) is 0 Å². The molecule has 1 saturated heterocycles. The van der Waals surface area contributed by atoms with Crippen molar-refractivity contribution in [1.82, 2.24) is 4.90 Å². The largest absolute Gasteiger partial charge is 0.411 e. The van der Waals surface area contributed by atoms with Crippen LogP contribution in [0.15, 0.2) is 5.16 Å². The molecule has 1 spiro atoms. The first-order valence-electron chi connectivity index (χ1n) is 8.50. The number of carbonyl (C=O) groups excluding carboxylic acids is 1. The maximum atomic E-state index is 13.0. The first kappa shape index (κ1) is 15.0. The SMILES string of the molecule is C[C@H]1CC(=O)[C@]23CCCN(C)CCCC2/C(=N\O)CC3C1. The van der Waals surface area contributed by atoms with E-state index in [1.807, 2.05) is 0 Å². The van der Waals surface area contributed by atoms with Crippen LogP contribution in [0.3, 0.4) is 0 Å². The minimum absolute atomic E-state index is 0.194. The normalized spacial score (nSPS) is 43.8. The highest BCUT2D eigenvalue weighted by molar-refractivity contribution is 5.99. The van der Waals surface area contributed by atoms with Crippen LogP contribution in [0.2, 0.25) is 0 Å². The third-order valence-electron chi connectivity index (χ3n) is 6.24. The van der Waals surface area contributed by atoms with E-state index in [9.17, 15) is 10.0 Å². The molecule has 3 rings (SSSR count). The monoisotopic (exact) mass is 292 g/mol. The highest BCUT2D eigenvalue weighted by Crippen LogP contribution is 2.57. The van der Waals surface area contributed by atoms with Gasteiger partial charge in [0.05, 0.1) is 5.71 Å². The lowest BCUT2D eigenvalue weighted by Gasteiger charge is -2.43. The quantitative estimate of drug-likeness (QED) is 0.551. The van der Waals surface area contributed by atoms with Gasteiger partial charge >= 0.3 is 0 Å². The van der Waals surface area contributed by atoms with Crippen LogP contribution >= 0.6 is 0 Å². The minimum Gasteiger partial charge on any atom is -0.411 e. The minimum atomic E-state index is -0.209. The van der Waals surface area contributed by atoms with Gasteiger partial charge in [0.1, 0.15) is 5.78 Å². The summed E-state index contributed by atoms with van der Waals surface area (Å²) < 4.78 is 0. The molecule has 2 saturated carbocycles. The zero-order chi connectivity index (χ0) is 15.0. The molecule has 0 aromatic rings. The molecule has 0 radical (unpaired) electrons. The van der Waals surface area contributed by atoms with Crippen molar-refractivity contribution in [1.29, 1.82) is 0 Å². The van der Waals surface area contributed by atoms with Crippen LogP contribution in [-0.4, -0.2) is 41.7 Å². The fraction of sp³-hybridized carbons (Fsp3) is 0.882. The van der Waals surface area contributed by atoms with E-state index in [1.54, 1.807) is 0 Å². The summed E-state index contributed by atoms with van der Waals surface area (Å²) in [6, 6.07) is 0. The van der Waals surface area contributed by atoms with Crippen molar-refractivity contribution in [3.05, 3.63) is 0 Å². The predicted molar refractivity (Wildman–Crippen MR) is 82.6 cm³/mol. The fourth-order valence-corrected chi connectivity index (χ4v) is 5.32.